The molecule has 0 radical (unpaired) electrons. The van der Waals surface area contributed by atoms with Crippen LogP contribution in [-0.4, -0.2) is 17.3 Å². The van der Waals surface area contributed by atoms with Crippen LogP contribution in [0.5, 0.6) is 0 Å². The number of hydrogen-bond donors (Lipinski definition) is 1. The number of carbonyl (C=O) groups is 1. The first-order valence-corrected chi connectivity index (χ1v) is 8.19. The third kappa shape index (κ3) is 3.17. The molecule has 0 spiro atoms. The molecule has 2 nitrogen and oxygen atoms in total. The summed E-state index contributed by atoms with van der Waals surface area (Å²) in [6, 6.07) is 10.5. The Morgan fingerprint density at radius 1 is 1.10 bits per heavy atom. The maximum Gasteiger partial charge on any atom is 0.224 e. The van der Waals surface area contributed by atoms with Crippen LogP contribution in [0, 0.1) is 5.92 Å². The fourth-order valence-corrected chi connectivity index (χ4v) is 3.61. The lowest BCUT2D eigenvalue weighted by atomic mass is 10.1. The summed E-state index contributed by atoms with van der Waals surface area (Å²) in [6.07, 6.45) is 6.65. The first kappa shape index (κ1) is 13.9. The molecule has 0 saturated heterocycles. The van der Waals surface area contributed by atoms with Crippen molar-refractivity contribution in [1.82, 2.24) is 5.32 Å². The van der Waals surface area contributed by atoms with E-state index in [2.05, 4.69) is 17.4 Å². The summed E-state index contributed by atoms with van der Waals surface area (Å²) in [6.45, 7) is 0. The molecule has 1 N–H and O–H groups in total. The van der Waals surface area contributed by atoms with Crippen molar-refractivity contribution in [3.05, 3.63) is 35.9 Å². The van der Waals surface area contributed by atoms with E-state index >= 15 is 0 Å². The van der Waals surface area contributed by atoms with Gasteiger partial charge < -0.3 is 5.32 Å². The summed E-state index contributed by atoms with van der Waals surface area (Å²) in [5.74, 6) is 0.775. The fraction of sp³-hybridized carbons (Fsp3) is 0.588. The SMILES string of the molecule is O=C(NC1CCCCCC1Cl)C1CC1c1ccccc1. The van der Waals surface area contributed by atoms with E-state index in [0.717, 1.165) is 19.3 Å². The van der Waals surface area contributed by atoms with Gasteiger partial charge in [0.05, 0.1) is 5.38 Å². The molecule has 3 rings (SSSR count). The van der Waals surface area contributed by atoms with Gasteiger partial charge in [0, 0.05) is 12.0 Å². The van der Waals surface area contributed by atoms with Gasteiger partial charge in [-0.1, -0.05) is 49.6 Å². The van der Waals surface area contributed by atoms with Gasteiger partial charge in [0.25, 0.3) is 0 Å². The minimum Gasteiger partial charge on any atom is -0.352 e. The number of halogens is 1. The molecule has 4 atom stereocenters. The Morgan fingerprint density at radius 2 is 1.85 bits per heavy atom. The zero-order valence-electron chi connectivity index (χ0n) is 11.7. The van der Waals surface area contributed by atoms with Crippen molar-refractivity contribution in [3.8, 4) is 0 Å². The molecule has 0 aliphatic heterocycles. The molecular weight excluding hydrogens is 270 g/mol. The average molecular weight is 292 g/mol. The van der Waals surface area contributed by atoms with E-state index in [1.54, 1.807) is 0 Å². The molecule has 2 aliphatic carbocycles. The lowest BCUT2D eigenvalue weighted by Gasteiger charge is -2.21. The molecule has 1 aromatic rings. The molecule has 3 heteroatoms. The topological polar surface area (TPSA) is 29.1 Å². The molecule has 0 bridgehead atoms. The molecule has 0 aromatic heterocycles. The first-order chi connectivity index (χ1) is 9.75. The van der Waals surface area contributed by atoms with Gasteiger partial charge in [-0.15, -0.1) is 11.6 Å². The van der Waals surface area contributed by atoms with E-state index in [9.17, 15) is 4.79 Å². The zero-order chi connectivity index (χ0) is 13.9. The molecule has 2 aliphatic rings. The highest BCUT2D eigenvalue weighted by Crippen LogP contribution is 2.47. The van der Waals surface area contributed by atoms with Gasteiger partial charge in [0.15, 0.2) is 0 Å². The van der Waals surface area contributed by atoms with Crippen LogP contribution in [0.2, 0.25) is 0 Å². The predicted molar refractivity (Wildman–Crippen MR) is 81.9 cm³/mol. The molecule has 0 heterocycles. The average Bonchev–Trinajstić information content (AvgIpc) is 3.27. The smallest absolute Gasteiger partial charge is 0.224 e. The van der Waals surface area contributed by atoms with Gasteiger partial charge >= 0.3 is 0 Å². The fourth-order valence-electron chi connectivity index (χ4n) is 3.27. The highest BCUT2D eigenvalue weighted by atomic mass is 35.5. The summed E-state index contributed by atoms with van der Waals surface area (Å²) in [4.78, 5) is 12.3. The lowest BCUT2D eigenvalue weighted by Crippen LogP contribution is -2.41. The van der Waals surface area contributed by atoms with Crippen LogP contribution in [0.4, 0.5) is 0 Å². The summed E-state index contributed by atoms with van der Waals surface area (Å²) < 4.78 is 0. The Kier molecular flexibility index (Phi) is 4.30. The highest BCUT2D eigenvalue weighted by Gasteiger charge is 2.44. The molecular formula is C17H22ClNO. The monoisotopic (exact) mass is 291 g/mol. The standard InChI is InChI=1S/C17H22ClNO/c18-15-9-5-2-6-10-16(15)19-17(20)14-11-13(14)12-7-3-1-4-8-12/h1,3-4,7-8,13-16H,2,5-6,9-11H2,(H,19,20). The second kappa shape index (κ2) is 6.17. The maximum atomic E-state index is 12.3. The van der Waals surface area contributed by atoms with Gasteiger partial charge in [-0.25, -0.2) is 0 Å². The van der Waals surface area contributed by atoms with Crippen LogP contribution in [-0.2, 0) is 4.79 Å². The van der Waals surface area contributed by atoms with Crippen LogP contribution in [0.15, 0.2) is 30.3 Å². The number of carbonyl (C=O) groups excluding carboxylic acids is 1. The second-order valence-corrected chi connectivity index (χ2v) is 6.69. The van der Waals surface area contributed by atoms with Crippen molar-refractivity contribution in [1.29, 1.82) is 0 Å². The van der Waals surface area contributed by atoms with E-state index in [0.29, 0.717) is 5.92 Å². The molecule has 1 aromatic carbocycles. The van der Waals surface area contributed by atoms with Crippen LogP contribution in [0.3, 0.4) is 0 Å². The number of hydrogen-bond acceptors (Lipinski definition) is 1. The zero-order valence-corrected chi connectivity index (χ0v) is 12.5. The Bertz CT molecular complexity index is 461. The second-order valence-electron chi connectivity index (χ2n) is 6.13. The van der Waals surface area contributed by atoms with Gasteiger partial charge in [-0.2, -0.15) is 0 Å². The summed E-state index contributed by atoms with van der Waals surface area (Å²) >= 11 is 6.39. The molecule has 108 valence electrons. The molecule has 1 amide bonds. The van der Waals surface area contributed by atoms with E-state index < -0.39 is 0 Å². The van der Waals surface area contributed by atoms with Crippen molar-refractivity contribution in [2.24, 2.45) is 5.92 Å². The molecule has 4 unspecified atom stereocenters. The number of amides is 1. The number of rotatable bonds is 3. The minimum atomic E-state index is 0.107. The minimum absolute atomic E-state index is 0.107. The highest BCUT2D eigenvalue weighted by molar-refractivity contribution is 6.21. The summed E-state index contributed by atoms with van der Waals surface area (Å²) in [7, 11) is 0. The quantitative estimate of drug-likeness (QED) is 0.665. The Morgan fingerprint density at radius 3 is 2.65 bits per heavy atom. The number of alkyl halides is 1. The van der Waals surface area contributed by atoms with Crippen molar-refractivity contribution < 1.29 is 4.79 Å². The normalized spacial score (nSPS) is 33.2. The predicted octanol–water partition coefficient (Wildman–Crippen LogP) is 3.85. The third-order valence-corrected chi connectivity index (χ3v) is 5.14. The van der Waals surface area contributed by atoms with Gasteiger partial charge in [-0.3, -0.25) is 4.79 Å². The van der Waals surface area contributed by atoms with Gasteiger partial charge in [0.2, 0.25) is 5.91 Å². The van der Waals surface area contributed by atoms with E-state index in [1.165, 1.54) is 24.8 Å². The van der Waals surface area contributed by atoms with Crippen molar-refractivity contribution >= 4 is 17.5 Å². The van der Waals surface area contributed by atoms with Crippen molar-refractivity contribution in [2.45, 2.75) is 55.9 Å². The van der Waals surface area contributed by atoms with Crippen LogP contribution >= 0.6 is 11.6 Å². The number of benzene rings is 1. The molecule has 2 saturated carbocycles. The van der Waals surface area contributed by atoms with Crippen molar-refractivity contribution in [2.75, 3.05) is 0 Å². The molecule has 20 heavy (non-hydrogen) atoms. The Hall–Kier alpha value is -1.02. The van der Waals surface area contributed by atoms with Crippen LogP contribution in [0.1, 0.15) is 50.0 Å². The summed E-state index contributed by atoms with van der Waals surface area (Å²) in [5, 5.41) is 3.31. The Labute approximate surface area is 125 Å². The van der Waals surface area contributed by atoms with E-state index in [-0.39, 0.29) is 23.2 Å². The third-order valence-electron chi connectivity index (χ3n) is 4.61. The van der Waals surface area contributed by atoms with Crippen LogP contribution < -0.4 is 5.32 Å². The van der Waals surface area contributed by atoms with Crippen molar-refractivity contribution in [3.63, 3.8) is 0 Å². The maximum absolute atomic E-state index is 12.3. The lowest BCUT2D eigenvalue weighted by molar-refractivity contribution is -0.123. The van der Waals surface area contributed by atoms with E-state index in [1.807, 2.05) is 18.2 Å². The summed E-state index contributed by atoms with van der Waals surface area (Å²) in [5.41, 5.74) is 1.29. The van der Waals surface area contributed by atoms with Gasteiger partial charge in [0.1, 0.15) is 0 Å². The molecule has 2 fully saturated rings. The Balaban J connectivity index is 1.55. The first-order valence-electron chi connectivity index (χ1n) is 7.75. The number of nitrogens with one attached hydrogen (secondary N) is 1. The largest absolute Gasteiger partial charge is 0.352 e. The van der Waals surface area contributed by atoms with E-state index in [4.69, 9.17) is 11.6 Å². The van der Waals surface area contributed by atoms with Crippen LogP contribution in [0.25, 0.3) is 0 Å². The van der Waals surface area contributed by atoms with Gasteiger partial charge in [-0.05, 0) is 30.7 Å².